The van der Waals surface area contributed by atoms with E-state index in [1.807, 2.05) is 0 Å². The zero-order chi connectivity index (χ0) is 18.9. The standard InChI is InChI=1S/C17H21F3N2O3/c1-21-15(24)7-5-3-2-4-6-14(23)16(25)22-13-10-8-12(9-11-13)17(18,19)20/h8-11H,2-7H2,1H3,(H,21,24)(H,22,25). The van der Waals surface area contributed by atoms with E-state index >= 15 is 0 Å². The van der Waals surface area contributed by atoms with Gasteiger partial charge >= 0.3 is 6.18 Å². The molecule has 0 aliphatic rings. The number of Topliss-reactive ketones (excluding diaryl/α,β-unsaturated/α-hetero) is 1. The maximum atomic E-state index is 12.4. The minimum absolute atomic E-state index is 0.0352. The molecule has 0 radical (unpaired) electrons. The van der Waals surface area contributed by atoms with Gasteiger partial charge in [-0.3, -0.25) is 14.4 Å². The van der Waals surface area contributed by atoms with Gasteiger partial charge in [0, 0.05) is 25.6 Å². The second kappa shape index (κ2) is 9.80. The molecule has 1 aromatic rings. The average Bonchev–Trinajstić information content (AvgIpc) is 2.57. The van der Waals surface area contributed by atoms with Gasteiger partial charge in [-0.15, -0.1) is 0 Å². The smallest absolute Gasteiger partial charge is 0.359 e. The van der Waals surface area contributed by atoms with Crippen LogP contribution in [0.5, 0.6) is 0 Å². The summed E-state index contributed by atoms with van der Waals surface area (Å²) in [5.74, 6) is -1.50. The van der Waals surface area contributed by atoms with Crippen LogP contribution in [0.1, 0.15) is 44.1 Å². The number of carbonyl (C=O) groups excluding carboxylic acids is 3. The fraction of sp³-hybridized carbons (Fsp3) is 0.471. The third kappa shape index (κ3) is 7.82. The van der Waals surface area contributed by atoms with Gasteiger partial charge in [0.15, 0.2) is 0 Å². The Balaban J connectivity index is 2.30. The molecule has 0 saturated heterocycles. The quantitative estimate of drug-likeness (QED) is 0.525. The van der Waals surface area contributed by atoms with Crippen LogP contribution in [0.4, 0.5) is 18.9 Å². The summed E-state index contributed by atoms with van der Waals surface area (Å²) in [6, 6.07) is 3.89. The van der Waals surface area contributed by atoms with Crippen LogP contribution in [0.15, 0.2) is 24.3 Å². The number of rotatable bonds is 9. The Bertz CT molecular complexity index is 598. The first-order valence-corrected chi connectivity index (χ1v) is 7.96. The lowest BCUT2D eigenvalue weighted by Gasteiger charge is -2.08. The summed E-state index contributed by atoms with van der Waals surface area (Å²) >= 11 is 0. The van der Waals surface area contributed by atoms with Gasteiger partial charge in [-0.1, -0.05) is 12.8 Å². The second-order valence-corrected chi connectivity index (χ2v) is 5.54. The van der Waals surface area contributed by atoms with E-state index in [0.29, 0.717) is 19.3 Å². The molecule has 0 bridgehead atoms. The Morgan fingerprint density at radius 2 is 1.48 bits per heavy atom. The minimum atomic E-state index is -4.45. The molecule has 2 amide bonds. The molecular formula is C17H21F3N2O3. The van der Waals surface area contributed by atoms with E-state index in [-0.39, 0.29) is 18.0 Å². The van der Waals surface area contributed by atoms with Crippen molar-refractivity contribution >= 4 is 23.3 Å². The zero-order valence-electron chi connectivity index (χ0n) is 13.9. The number of hydrogen-bond donors (Lipinski definition) is 2. The lowest BCUT2D eigenvalue weighted by molar-refractivity contribution is -0.137. The highest BCUT2D eigenvalue weighted by Gasteiger charge is 2.30. The van der Waals surface area contributed by atoms with E-state index in [1.54, 1.807) is 7.05 Å². The van der Waals surface area contributed by atoms with Crippen molar-refractivity contribution in [1.82, 2.24) is 5.32 Å². The molecule has 0 atom stereocenters. The number of halogens is 3. The molecule has 0 unspecified atom stereocenters. The highest BCUT2D eigenvalue weighted by atomic mass is 19.4. The molecule has 0 heterocycles. The van der Waals surface area contributed by atoms with Crippen LogP contribution >= 0.6 is 0 Å². The summed E-state index contributed by atoms with van der Waals surface area (Å²) < 4.78 is 37.3. The lowest BCUT2D eigenvalue weighted by Crippen LogP contribution is -2.22. The number of unbranched alkanes of at least 4 members (excludes halogenated alkanes) is 3. The highest BCUT2D eigenvalue weighted by molar-refractivity contribution is 6.40. The number of ketones is 1. The van der Waals surface area contributed by atoms with Crippen molar-refractivity contribution in [3.8, 4) is 0 Å². The Kier molecular flexibility index (Phi) is 8.10. The van der Waals surface area contributed by atoms with Crippen LogP contribution in [-0.2, 0) is 20.6 Å². The first kappa shape index (κ1) is 20.7. The predicted octanol–water partition coefficient (Wildman–Crippen LogP) is 3.30. The molecule has 0 aromatic heterocycles. The second-order valence-electron chi connectivity index (χ2n) is 5.54. The number of amides is 2. The Morgan fingerprint density at radius 3 is 2.00 bits per heavy atom. The van der Waals surface area contributed by atoms with Crippen molar-refractivity contribution in [2.75, 3.05) is 12.4 Å². The van der Waals surface area contributed by atoms with Crippen LogP contribution in [0.3, 0.4) is 0 Å². The largest absolute Gasteiger partial charge is 0.416 e. The number of carbonyl (C=O) groups is 3. The molecule has 0 aliphatic carbocycles. The van der Waals surface area contributed by atoms with Crippen molar-refractivity contribution in [2.45, 2.75) is 44.7 Å². The molecule has 25 heavy (non-hydrogen) atoms. The van der Waals surface area contributed by atoms with Crippen molar-refractivity contribution < 1.29 is 27.6 Å². The number of hydrogen-bond acceptors (Lipinski definition) is 3. The minimum Gasteiger partial charge on any atom is -0.359 e. The Morgan fingerprint density at radius 1 is 0.920 bits per heavy atom. The molecule has 1 aromatic carbocycles. The van der Waals surface area contributed by atoms with E-state index in [9.17, 15) is 27.6 Å². The molecule has 0 saturated carbocycles. The van der Waals surface area contributed by atoms with Crippen molar-refractivity contribution in [3.05, 3.63) is 29.8 Å². The van der Waals surface area contributed by atoms with E-state index in [0.717, 1.165) is 37.1 Å². The summed E-state index contributed by atoms with van der Waals surface area (Å²) in [7, 11) is 1.57. The molecule has 8 heteroatoms. The van der Waals surface area contributed by atoms with Crippen LogP contribution in [-0.4, -0.2) is 24.6 Å². The van der Waals surface area contributed by atoms with Gasteiger partial charge in [0.25, 0.3) is 5.91 Å². The molecule has 5 nitrogen and oxygen atoms in total. The maximum absolute atomic E-state index is 12.4. The third-order valence-electron chi connectivity index (χ3n) is 3.56. The SMILES string of the molecule is CNC(=O)CCCCCCC(=O)C(=O)Nc1ccc(C(F)(F)F)cc1. The molecule has 0 fully saturated rings. The summed E-state index contributed by atoms with van der Waals surface area (Å²) in [6.45, 7) is 0. The van der Waals surface area contributed by atoms with Gasteiger partial charge in [0.05, 0.1) is 5.56 Å². The van der Waals surface area contributed by atoms with Gasteiger partial charge in [-0.2, -0.15) is 13.2 Å². The van der Waals surface area contributed by atoms with Gasteiger partial charge in [0.1, 0.15) is 0 Å². The van der Waals surface area contributed by atoms with Crippen LogP contribution in [0, 0.1) is 0 Å². The van der Waals surface area contributed by atoms with E-state index in [1.165, 1.54) is 0 Å². The summed E-state index contributed by atoms with van der Waals surface area (Å²) in [4.78, 5) is 34.4. The molecular weight excluding hydrogens is 337 g/mol. The van der Waals surface area contributed by atoms with E-state index in [4.69, 9.17) is 0 Å². The summed E-state index contributed by atoms with van der Waals surface area (Å²) in [6.07, 6.45) is -1.22. The fourth-order valence-corrected chi connectivity index (χ4v) is 2.11. The number of alkyl halides is 3. The molecule has 2 N–H and O–H groups in total. The number of anilines is 1. The molecule has 0 aliphatic heterocycles. The summed E-state index contributed by atoms with van der Waals surface area (Å²) in [5, 5.41) is 4.80. The van der Waals surface area contributed by atoms with Crippen LogP contribution in [0.2, 0.25) is 0 Å². The monoisotopic (exact) mass is 358 g/mol. The Labute approximate surface area is 144 Å². The molecule has 138 valence electrons. The lowest BCUT2D eigenvalue weighted by atomic mass is 10.1. The first-order valence-electron chi connectivity index (χ1n) is 7.96. The first-order chi connectivity index (χ1) is 11.7. The average molecular weight is 358 g/mol. The maximum Gasteiger partial charge on any atom is 0.416 e. The van der Waals surface area contributed by atoms with Gasteiger partial charge in [-0.05, 0) is 37.1 Å². The zero-order valence-corrected chi connectivity index (χ0v) is 13.9. The van der Waals surface area contributed by atoms with Crippen molar-refractivity contribution in [3.63, 3.8) is 0 Å². The summed E-state index contributed by atoms with van der Waals surface area (Å²) in [5.41, 5.74) is -0.689. The Hall–Kier alpha value is -2.38. The number of nitrogens with one attached hydrogen (secondary N) is 2. The van der Waals surface area contributed by atoms with Crippen molar-refractivity contribution in [2.24, 2.45) is 0 Å². The van der Waals surface area contributed by atoms with E-state index in [2.05, 4.69) is 10.6 Å². The van der Waals surface area contributed by atoms with Gasteiger partial charge in [-0.25, -0.2) is 0 Å². The van der Waals surface area contributed by atoms with Crippen molar-refractivity contribution in [1.29, 1.82) is 0 Å². The number of benzene rings is 1. The highest BCUT2D eigenvalue weighted by Crippen LogP contribution is 2.29. The van der Waals surface area contributed by atoms with Crippen LogP contribution in [0.25, 0.3) is 0 Å². The van der Waals surface area contributed by atoms with Crippen LogP contribution < -0.4 is 10.6 Å². The molecule has 0 spiro atoms. The predicted molar refractivity (Wildman–Crippen MR) is 86.8 cm³/mol. The van der Waals surface area contributed by atoms with Gasteiger partial charge in [0.2, 0.25) is 11.7 Å². The van der Waals surface area contributed by atoms with E-state index < -0.39 is 23.4 Å². The third-order valence-corrected chi connectivity index (χ3v) is 3.56. The normalized spacial score (nSPS) is 11.0. The fourth-order valence-electron chi connectivity index (χ4n) is 2.11. The molecule has 1 rings (SSSR count). The topological polar surface area (TPSA) is 75.3 Å². The van der Waals surface area contributed by atoms with Gasteiger partial charge < -0.3 is 10.6 Å².